The number of thiophene rings is 2. The van der Waals surface area contributed by atoms with Gasteiger partial charge in [0.05, 0.1) is 16.8 Å². The average Bonchev–Trinajstić information content (AvgIpc) is 4.02. The Morgan fingerprint density at radius 2 is 1.07 bits per heavy atom. The highest BCUT2D eigenvalue weighted by molar-refractivity contribution is 8.02. The van der Waals surface area contributed by atoms with Crippen LogP contribution < -0.4 is 0 Å². The lowest BCUT2D eigenvalue weighted by atomic mass is 9.97. The predicted octanol–water partition coefficient (Wildman–Crippen LogP) is 15.8. The molecular weight excluding hydrogens is 851 g/mol. The van der Waals surface area contributed by atoms with E-state index in [-0.39, 0.29) is 6.61 Å². The van der Waals surface area contributed by atoms with Crippen LogP contribution in [0.4, 0.5) is 0 Å². The van der Waals surface area contributed by atoms with E-state index in [4.69, 9.17) is 9.72 Å². The number of fused-ring (bicyclic) bond motifs is 7. The summed E-state index contributed by atoms with van der Waals surface area (Å²) in [6.45, 7) is 3.98. The first-order valence-corrected chi connectivity index (χ1v) is 25.0. The summed E-state index contributed by atoms with van der Waals surface area (Å²) in [7, 11) is 0. The third-order valence-electron chi connectivity index (χ3n) is 10.7. The van der Waals surface area contributed by atoms with Gasteiger partial charge in [0.1, 0.15) is 0 Å². The van der Waals surface area contributed by atoms with Crippen molar-refractivity contribution >= 4 is 126 Å². The van der Waals surface area contributed by atoms with E-state index in [0.717, 1.165) is 27.1 Å². The highest BCUT2D eigenvalue weighted by Crippen LogP contribution is 2.45. The smallest absolute Gasteiger partial charge is 0.330 e. The molecule has 10 rings (SSSR count). The van der Waals surface area contributed by atoms with E-state index in [0.29, 0.717) is 0 Å². The molecule has 7 aromatic carbocycles. The highest BCUT2D eigenvalue weighted by atomic mass is 32.2. The van der Waals surface area contributed by atoms with Crippen molar-refractivity contribution in [3.8, 4) is 22.3 Å². The van der Waals surface area contributed by atoms with Crippen molar-refractivity contribution in [3.05, 3.63) is 170 Å². The second-order valence-electron chi connectivity index (χ2n) is 14.7. The summed E-state index contributed by atoms with van der Waals surface area (Å²) >= 11 is 10.8. The van der Waals surface area contributed by atoms with Gasteiger partial charge in [-0.3, -0.25) is 0 Å². The van der Waals surface area contributed by atoms with Gasteiger partial charge < -0.3 is 4.74 Å². The summed E-state index contributed by atoms with van der Waals surface area (Å²) in [5.74, 6) is 1.79. The highest BCUT2D eigenvalue weighted by Gasteiger charge is 2.34. The number of esters is 1. The molecule has 0 radical (unpaired) electrons. The minimum Gasteiger partial charge on any atom is -0.462 e. The molecule has 0 saturated carbocycles. The summed E-state index contributed by atoms with van der Waals surface area (Å²) in [5.41, 5.74) is 5.48. The maximum absolute atomic E-state index is 12.8. The number of nitrogens with zero attached hydrogens (tertiary/aromatic N) is 1. The molecule has 10 aromatic rings. The molecule has 0 aliphatic carbocycles. The summed E-state index contributed by atoms with van der Waals surface area (Å²) < 4.78 is 13.4. The predicted molar refractivity (Wildman–Crippen MR) is 265 cm³/mol. The Hall–Kier alpha value is -4.87. The van der Waals surface area contributed by atoms with Gasteiger partial charge in [-0.15, -0.1) is 57.5 Å². The van der Waals surface area contributed by atoms with Crippen LogP contribution in [0.2, 0.25) is 0 Å². The second-order valence-corrected chi connectivity index (χ2v) is 21.2. The minimum absolute atomic E-state index is 0.261. The maximum Gasteiger partial charge on any atom is 0.330 e. The topological polar surface area (TPSA) is 39.2 Å². The Kier molecular flexibility index (Phi) is 11.3. The molecule has 0 N–H and O–H groups in total. The van der Waals surface area contributed by atoms with Gasteiger partial charge in [0, 0.05) is 78.9 Å². The summed E-state index contributed by atoms with van der Waals surface area (Å²) in [4.78, 5) is 20.1. The molecular formula is C51H37NO2S6. The zero-order valence-electron chi connectivity index (χ0n) is 32.3. The van der Waals surface area contributed by atoms with Crippen LogP contribution in [-0.2, 0) is 9.53 Å². The summed E-state index contributed by atoms with van der Waals surface area (Å²) in [5, 5.41) is 5.19. The Morgan fingerprint density at radius 1 is 0.567 bits per heavy atom. The molecule has 0 aliphatic heterocycles. The van der Waals surface area contributed by atoms with Crippen LogP contribution in [0, 0.1) is 5.41 Å². The van der Waals surface area contributed by atoms with Gasteiger partial charge in [-0.2, -0.15) is 0 Å². The molecule has 0 fully saturated rings. The molecule has 0 atom stereocenters. The van der Waals surface area contributed by atoms with Crippen molar-refractivity contribution in [1.29, 1.82) is 0 Å². The first-order chi connectivity index (χ1) is 29.5. The van der Waals surface area contributed by atoms with E-state index in [9.17, 15) is 4.79 Å². The number of hydrogen-bond acceptors (Lipinski definition) is 9. The zero-order valence-corrected chi connectivity index (χ0v) is 37.2. The number of carbonyl (C=O) groups is 1. The molecule has 294 valence electrons. The SMILES string of the molecule is C=CC(=O)OCC(CSc1cccc(-c2cccc3c2sc2ccccc23)c1)(CSc1cccc(-c2cccc3c2sc2ccccc23)c1)CSc1nc2ccccc2s1. The van der Waals surface area contributed by atoms with E-state index < -0.39 is 11.4 Å². The molecule has 3 nitrogen and oxygen atoms in total. The number of thiazole rings is 1. The fourth-order valence-corrected chi connectivity index (χ4v) is 15.0. The van der Waals surface area contributed by atoms with Crippen molar-refractivity contribution in [1.82, 2.24) is 4.98 Å². The van der Waals surface area contributed by atoms with Crippen molar-refractivity contribution in [2.24, 2.45) is 5.41 Å². The van der Waals surface area contributed by atoms with Crippen LogP contribution >= 0.6 is 69.3 Å². The normalized spacial score (nSPS) is 11.9. The summed E-state index contributed by atoms with van der Waals surface area (Å²) in [6, 6.07) is 56.7. The number of para-hydroxylation sites is 1. The maximum atomic E-state index is 12.8. The van der Waals surface area contributed by atoms with Gasteiger partial charge in [-0.1, -0.05) is 128 Å². The first-order valence-electron chi connectivity index (χ1n) is 19.6. The molecule has 3 aromatic heterocycles. The van der Waals surface area contributed by atoms with Crippen molar-refractivity contribution < 1.29 is 9.53 Å². The molecule has 3 heterocycles. The van der Waals surface area contributed by atoms with Crippen molar-refractivity contribution in [3.63, 3.8) is 0 Å². The molecule has 0 spiro atoms. The van der Waals surface area contributed by atoms with Crippen LogP contribution in [0.15, 0.2) is 185 Å². The van der Waals surface area contributed by atoms with Gasteiger partial charge in [-0.05, 0) is 70.8 Å². The van der Waals surface area contributed by atoms with Crippen molar-refractivity contribution in [2.75, 3.05) is 23.9 Å². The van der Waals surface area contributed by atoms with Crippen molar-refractivity contribution in [2.45, 2.75) is 14.1 Å². The Labute approximate surface area is 373 Å². The lowest BCUT2D eigenvalue weighted by Crippen LogP contribution is -2.36. The number of carbonyl (C=O) groups excluding carboxylic acids is 1. The number of rotatable bonds is 14. The van der Waals surface area contributed by atoms with Gasteiger partial charge >= 0.3 is 5.97 Å². The number of aromatic nitrogens is 1. The van der Waals surface area contributed by atoms with Gasteiger partial charge in [-0.25, -0.2) is 9.78 Å². The fraction of sp³-hybridized carbons (Fsp3) is 0.0980. The van der Waals surface area contributed by atoms with Gasteiger partial charge in [0.2, 0.25) is 0 Å². The number of hydrogen-bond donors (Lipinski definition) is 0. The third kappa shape index (κ3) is 8.03. The van der Waals surface area contributed by atoms with Crippen LogP contribution in [0.5, 0.6) is 0 Å². The third-order valence-corrected chi connectivity index (χ3v) is 18.3. The summed E-state index contributed by atoms with van der Waals surface area (Å²) in [6.07, 6.45) is 1.27. The first kappa shape index (κ1) is 39.3. The zero-order chi connectivity index (χ0) is 40.5. The largest absolute Gasteiger partial charge is 0.462 e. The quantitative estimate of drug-likeness (QED) is 0.0615. The van der Waals surface area contributed by atoms with Gasteiger partial charge in [0.25, 0.3) is 0 Å². The lowest BCUT2D eigenvalue weighted by molar-refractivity contribution is -0.140. The molecule has 0 aliphatic rings. The minimum atomic E-state index is -0.417. The van der Waals surface area contributed by atoms with E-state index in [1.165, 1.54) is 83.2 Å². The number of benzene rings is 7. The lowest BCUT2D eigenvalue weighted by Gasteiger charge is -2.32. The molecule has 0 bridgehead atoms. The molecule has 0 saturated heterocycles. The van der Waals surface area contributed by atoms with Crippen LogP contribution in [-0.4, -0.2) is 34.8 Å². The number of ether oxygens (including phenoxy) is 1. The Balaban J connectivity index is 0.975. The van der Waals surface area contributed by atoms with Crippen LogP contribution in [0.25, 0.3) is 72.8 Å². The fourth-order valence-electron chi connectivity index (χ4n) is 7.59. The molecule has 60 heavy (non-hydrogen) atoms. The number of thioether (sulfide) groups is 3. The van der Waals surface area contributed by atoms with E-state index in [1.54, 1.807) is 23.1 Å². The standard InChI is InChI=1S/C51H37NO2S6/c1-2-47(53)54-29-51(32-57-50-52-43-23-5-8-26-46(43)60-50,30-55-35-15-9-13-33(27-35)37-19-11-21-41-39-17-3-6-24-44(39)58-48(37)41)31-56-36-16-10-14-34(28-36)38-20-12-22-42-40-18-4-7-25-45(40)59-49(38)42/h2-28H,1,29-32H2. The van der Waals surface area contributed by atoms with E-state index in [1.807, 2.05) is 52.3 Å². The molecule has 9 heteroatoms. The Bertz CT molecular complexity index is 3000. The van der Waals surface area contributed by atoms with Crippen LogP contribution in [0.3, 0.4) is 0 Å². The second kappa shape index (κ2) is 17.2. The van der Waals surface area contributed by atoms with E-state index >= 15 is 0 Å². The molecule has 0 amide bonds. The van der Waals surface area contributed by atoms with Gasteiger partial charge in [0.15, 0.2) is 4.34 Å². The average molecular weight is 888 g/mol. The van der Waals surface area contributed by atoms with Crippen LogP contribution in [0.1, 0.15) is 0 Å². The Morgan fingerprint density at radius 3 is 1.63 bits per heavy atom. The monoisotopic (exact) mass is 887 g/mol. The van der Waals surface area contributed by atoms with E-state index in [2.05, 4.69) is 158 Å². The molecule has 0 unspecified atom stereocenters.